The van der Waals surface area contributed by atoms with E-state index in [4.69, 9.17) is 0 Å². The van der Waals surface area contributed by atoms with Crippen LogP contribution in [0.2, 0.25) is 0 Å². The highest BCUT2D eigenvalue weighted by atomic mass is 32.2. The standard InChI is InChI=1S/C12H20N2O2S/c1-8-12(16)14(6-5-11(15)13-8)9-3-4-10(7-9)17-2/h8-10H,3-7H2,1-2H3,(H,13,15). The molecular formula is C12H20N2O2S. The molecule has 0 spiro atoms. The summed E-state index contributed by atoms with van der Waals surface area (Å²) in [5, 5.41) is 3.41. The molecule has 2 amide bonds. The second kappa shape index (κ2) is 5.29. The molecule has 0 bridgehead atoms. The van der Waals surface area contributed by atoms with E-state index in [1.807, 2.05) is 16.7 Å². The number of thioether (sulfide) groups is 1. The van der Waals surface area contributed by atoms with Crippen molar-refractivity contribution in [2.75, 3.05) is 12.8 Å². The molecule has 0 aromatic heterocycles. The highest BCUT2D eigenvalue weighted by Gasteiger charge is 2.35. The van der Waals surface area contributed by atoms with E-state index in [1.54, 1.807) is 6.92 Å². The normalized spacial score (nSPS) is 34.7. The number of carbonyl (C=O) groups excluding carboxylic acids is 2. The highest BCUT2D eigenvalue weighted by molar-refractivity contribution is 7.99. The first kappa shape index (κ1) is 12.7. The van der Waals surface area contributed by atoms with Crippen LogP contribution < -0.4 is 5.32 Å². The Kier molecular flexibility index (Phi) is 3.97. The van der Waals surface area contributed by atoms with Gasteiger partial charge in [-0.15, -0.1) is 0 Å². The summed E-state index contributed by atoms with van der Waals surface area (Å²) in [6, 6.07) is -0.0200. The van der Waals surface area contributed by atoms with Crippen molar-refractivity contribution in [1.82, 2.24) is 10.2 Å². The van der Waals surface area contributed by atoms with Crippen molar-refractivity contribution in [3.05, 3.63) is 0 Å². The Morgan fingerprint density at radius 3 is 2.76 bits per heavy atom. The van der Waals surface area contributed by atoms with E-state index in [2.05, 4.69) is 11.6 Å². The second-order valence-electron chi connectivity index (χ2n) is 4.90. The molecule has 1 saturated carbocycles. The number of rotatable bonds is 2. The summed E-state index contributed by atoms with van der Waals surface area (Å²) in [4.78, 5) is 25.5. The van der Waals surface area contributed by atoms with E-state index in [1.165, 1.54) is 6.42 Å². The zero-order valence-corrected chi connectivity index (χ0v) is 11.3. The largest absolute Gasteiger partial charge is 0.345 e. The topological polar surface area (TPSA) is 49.4 Å². The quantitative estimate of drug-likeness (QED) is 0.802. The van der Waals surface area contributed by atoms with Crippen molar-refractivity contribution in [1.29, 1.82) is 0 Å². The molecule has 5 heteroatoms. The molecule has 0 aromatic rings. The lowest BCUT2D eigenvalue weighted by atomic mass is 10.2. The molecule has 2 aliphatic rings. The number of hydrogen-bond donors (Lipinski definition) is 1. The van der Waals surface area contributed by atoms with Gasteiger partial charge < -0.3 is 10.2 Å². The summed E-state index contributed by atoms with van der Waals surface area (Å²) in [6.07, 6.45) is 5.92. The van der Waals surface area contributed by atoms with E-state index in [9.17, 15) is 9.59 Å². The third kappa shape index (κ3) is 2.76. The van der Waals surface area contributed by atoms with Crippen molar-refractivity contribution in [3.8, 4) is 0 Å². The van der Waals surface area contributed by atoms with Gasteiger partial charge in [0.15, 0.2) is 0 Å². The van der Waals surface area contributed by atoms with Gasteiger partial charge in [-0.2, -0.15) is 11.8 Å². The molecular weight excluding hydrogens is 236 g/mol. The Balaban J connectivity index is 2.04. The lowest BCUT2D eigenvalue weighted by Gasteiger charge is -2.28. The lowest BCUT2D eigenvalue weighted by molar-refractivity contribution is -0.135. The SMILES string of the molecule is CSC1CCC(N2CCC(=O)NC(C)C2=O)C1. The van der Waals surface area contributed by atoms with Gasteiger partial charge >= 0.3 is 0 Å². The van der Waals surface area contributed by atoms with Crippen LogP contribution in [-0.4, -0.2) is 46.8 Å². The van der Waals surface area contributed by atoms with Gasteiger partial charge in [-0.25, -0.2) is 0 Å². The van der Waals surface area contributed by atoms with Gasteiger partial charge in [0, 0.05) is 24.3 Å². The number of carbonyl (C=O) groups is 2. The smallest absolute Gasteiger partial charge is 0.245 e. The summed E-state index contributed by atoms with van der Waals surface area (Å²) >= 11 is 1.89. The predicted molar refractivity (Wildman–Crippen MR) is 68.9 cm³/mol. The van der Waals surface area contributed by atoms with Crippen LogP contribution >= 0.6 is 11.8 Å². The molecule has 4 nitrogen and oxygen atoms in total. The van der Waals surface area contributed by atoms with E-state index in [-0.39, 0.29) is 17.9 Å². The minimum Gasteiger partial charge on any atom is -0.345 e. The Bertz CT molecular complexity index is 322. The van der Waals surface area contributed by atoms with Crippen molar-refractivity contribution in [3.63, 3.8) is 0 Å². The zero-order chi connectivity index (χ0) is 12.4. The number of nitrogens with one attached hydrogen (secondary N) is 1. The van der Waals surface area contributed by atoms with Crippen LogP contribution in [0.15, 0.2) is 0 Å². The van der Waals surface area contributed by atoms with Gasteiger partial charge in [0.2, 0.25) is 11.8 Å². The Labute approximate surface area is 106 Å². The van der Waals surface area contributed by atoms with Crippen LogP contribution in [0, 0.1) is 0 Å². The third-order valence-electron chi connectivity index (χ3n) is 3.74. The van der Waals surface area contributed by atoms with Crippen LogP contribution in [0.4, 0.5) is 0 Å². The minimum absolute atomic E-state index is 0.00670. The first-order valence-corrected chi connectivity index (χ1v) is 7.53. The third-order valence-corrected chi connectivity index (χ3v) is 4.84. The maximum Gasteiger partial charge on any atom is 0.245 e. The molecule has 0 aromatic carbocycles. The molecule has 1 saturated heterocycles. The lowest BCUT2D eigenvalue weighted by Crippen LogP contribution is -2.46. The Morgan fingerprint density at radius 1 is 1.35 bits per heavy atom. The van der Waals surface area contributed by atoms with E-state index >= 15 is 0 Å². The fraction of sp³-hybridized carbons (Fsp3) is 0.833. The molecule has 3 atom stereocenters. The van der Waals surface area contributed by atoms with Crippen LogP contribution in [0.25, 0.3) is 0 Å². The number of nitrogens with zero attached hydrogens (tertiary/aromatic N) is 1. The van der Waals surface area contributed by atoms with Crippen molar-refractivity contribution < 1.29 is 9.59 Å². The summed E-state index contributed by atoms with van der Waals surface area (Å²) in [7, 11) is 0. The zero-order valence-electron chi connectivity index (χ0n) is 10.4. The fourth-order valence-corrected chi connectivity index (χ4v) is 3.52. The minimum atomic E-state index is -0.363. The maximum atomic E-state index is 12.2. The Hall–Kier alpha value is -0.710. The van der Waals surface area contributed by atoms with Gasteiger partial charge in [-0.3, -0.25) is 9.59 Å². The van der Waals surface area contributed by atoms with Crippen LogP contribution in [0.5, 0.6) is 0 Å². The number of amides is 2. The average molecular weight is 256 g/mol. The first-order chi connectivity index (χ1) is 8.11. The maximum absolute atomic E-state index is 12.2. The van der Waals surface area contributed by atoms with Crippen molar-refractivity contribution >= 4 is 23.6 Å². The molecule has 2 fully saturated rings. The summed E-state index contributed by atoms with van der Waals surface area (Å²) < 4.78 is 0. The molecule has 3 unspecified atom stereocenters. The van der Waals surface area contributed by atoms with Gasteiger partial charge in [0.1, 0.15) is 6.04 Å². The highest BCUT2D eigenvalue weighted by Crippen LogP contribution is 2.32. The molecule has 17 heavy (non-hydrogen) atoms. The predicted octanol–water partition coefficient (Wildman–Crippen LogP) is 1.01. The van der Waals surface area contributed by atoms with Crippen LogP contribution in [0.3, 0.4) is 0 Å². The number of hydrogen-bond acceptors (Lipinski definition) is 3. The van der Waals surface area contributed by atoms with Gasteiger partial charge in [-0.1, -0.05) is 0 Å². The summed E-state index contributed by atoms with van der Waals surface area (Å²) in [6.45, 7) is 2.36. The monoisotopic (exact) mass is 256 g/mol. The van der Waals surface area contributed by atoms with E-state index in [0.717, 1.165) is 12.8 Å². The second-order valence-corrected chi connectivity index (χ2v) is 6.03. The Morgan fingerprint density at radius 2 is 2.12 bits per heavy atom. The molecule has 1 heterocycles. The summed E-state index contributed by atoms with van der Waals surface area (Å²) in [5.74, 6) is 0.0790. The molecule has 2 rings (SSSR count). The van der Waals surface area contributed by atoms with Gasteiger partial charge in [0.05, 0.1) is 0 Å². The molecule has 96 valence electrons. The van der Waals surface area contributed by atoms with Crippen molar-refractivity contribution in [2.24, 2.45) is 0 Å². The molecule has 1 aliphatic carbocycles. The first-order valence-electron chi connectivity index (χ1n) is 6.24. The van der Waals surface area contributed by atoms with Crippen molar-refractivity contribution in [2.45, 2.75) is 49.9 Å². The van der Waals surface area contributed by atoms with Gasteiger partial charge in [0.25, 0.3) is 0 Å². The van der Waals surface area contributed by atoms with Crippen LogP contribution in [-0.2, 0) is 9.59 Å². The van der Waals surface area contributed by atoms with E-state index < -0.39 is 0 Å². The molecule has 1 aliphatic heterocycles. The average Bonchev–Trinajstić information content (AvgIpc) is 2.72. The molecule has 0 radical (unpaired) electrons. The fourth-order valence-electron chi connectivity index (χ4n) is 2.73. The summed E-state index contributed by atoms with van der Waals surface area (Å²) in [5.41, 5.74) is 0. The van der Waals surface area contributed by atoms with E-state index in [0.29, 0.717) is 24.3 Å². The van der Waals surface area contributed by atoms with Gasteiger partial charge in [-0.05, 0) is 32.4 Å². The van der Waals surface area contributed by atoms with Crippen LogP contribution in [0.1, 0.15) is 32.6 Å². The molecule has 1 N–H and O–H groups in total.